The van der Waals surface area contributed by atoms with Crippen molar-refractivity contribution in [2.45, 2.75) is 0 Å². The Kier molecular flexibility index (Phi) is 1.82. The van der Waals surface area contributed by atoms with Gasteiger partial charge in [0.15, 0.2) is 5.78 Å². The van der Waals surface area contributed by atoms with Gasteiger partial charge in [-0.05, 0) is 12.2 Å². The first kappa shape index (κ1) is 10.2. The minimum Gasteiger partial charge on any atom is -0.321 e. The Labute approximate surface area is 108 Å². The molecule has 0 saturated heterocycles. The number of aliphatic imine (C=N–C) groups is 1. The molecule has 3 aliphatic rings. The molecule has 0 fully saturated rings. The van der Waals surface area contributed by atoms with Crippen LogP contribution in [0.4, 0.5) is 5.69 Å². The van der Waals surface area contributed by atoms with Crippen LogP contribution in [0.1, 0.15) is 10.4 Å². The molecule has 0 saturated carbocycles. The van der Waals surface area contributed by atoms with Crippen LogP contribution < -0.4 is 15.8 Å². The van der Waals surface area contributed by atoms with Crippen LogP contribution in [-0.2, 0) is 4.79 Å². The number of carbonyl (C=O) groups excluding carboxylic acids is 2. The van der Waals surface area contributed by atoms with Crippen molar-refractivity contribution in [2.75, 3.05) is 0 Å². The van der Waals surface area contributed by atoms with Crippen molar-refractivity contribution in [2.24, 2.45) is 4.99 Å². The number of amides is 1. The topological polar surface area (TPSA) is 58.5 Å². The Bertz CT molecular complexity index is 870. The summed E-state index contributed by atoms with van der Waals surface area (Å²) in [5.41, 5.74) is 2.38. The molecule has 90 valence electrons. The molecule has 0 bridgehead atoms. The van der Waals surface area contributed by atoms with Gasteiger partial charge in [-0.2, -0.15) is 0 Å². The molecule has 0 spiro atoms. The summed E-state index contributed by atoms with van der Waals surface area (Å²) in [6, 6.07) is 3.77. The molecule has 1 aromatic rings. The maximum absolute atomic E-state index is 12.5. The predicted molar refractivity (Wildman–Crippen MR) is 71.4 cm³/mol. The van der Waals surface area contributed by atoms with Crippen LogP contribution in [-0.4, -0.2) is 17.9 Å². The molecule has 0 atom stereocenters. The number of hydrogen-bond donors (Lipinski definition) is 1. The maximum atomic E-state index is 12.5. The summed E-state index contributed by atoms with van der Waals surface area (Å²) in [7, 11) is 0. The summed E-state index contributed by atoms with van der Waals surface area (Å²) in [6.45, 7) is 0. The zero-order chi connectivity index (χ0) is 13.0. The SMILES string of the molecule is O=C1C=CC=C2C(=O)c3c4c(ccc3=C2N1)=CC=N4. The standard InChI is InChI=1S/C15H8N2O2/c18-11-3-1-2-10-14(17-11)9-5-4-8-6-7-16-13(8)12(9)15(10)19/h1-7H,(H,17,18). The quantitative estimate of drug-likeness (QED) is 0.708. The zero-order valence-electron chi connectivity index (χ0n) is 9.81. The first-order valence-corrected chi connectivity index (χ1v) is 5.92. The number of carbonyl (C=O) groups is 2. The van der Waals surface area contributed by atoms with Gasteiger partial charge in [-0.15, -0.1) is 0 Å². The van der Waals surface area contributed by atoms with Crippen molar-refractivity contribution < 1.29 is 9.59 Å². The summed E-state index contributed by atoms with van der Waals surface area (Å²) in [4.78, 5) is 28.3. The van der Waals surface area contributed by atoms with Crippen LogP contribution in [0.3, 0.4) is 0 Å². The summed E-state index contributed by atoms with van der Waals surface area (Å²) in [5, 5.41) is 4.44. The average Bonchev–Trinajstić information content (AvgIpc) is 2.90. The Balaban J connectivity index is 2.12. The van der Waals surface area contributed by atoms with Crippen molar-refractivity contribution in [1.29, 1.82) is 0 Å². The van der Waals surface area contributed by atoms with E-state index in [1.54, 1.807) is 18.4 Å². The fourth-order valence-corrected chi connectivity index (χ4v) is 2.59. The number of ketones is 1. The van der Waals surface area contributed by atoms with Gasteiger partial charge in [0.1, 0.15) is 0 Å². The van der Waals surface area contributed by atoms with Gasteiger partial charge in [0.2, 0.25) is 5.91 Å². The van der Waals surface area contributed by atoms with E-state index in [0.717, 1.165) is 10.4 Å². The highest BCUT2D eigenvalue weighted by Crippen LogP contribution is 2.26. The average molecular weight is 248 g/mol. The van der Waals surface area contributed by atoms with Gasteiger partial charge in [0.05, 0.1) is 16.9 Å². The molecule has 1 amide bonds. The molecule has 4 heteroatoms. The molecule has 2 heterocycles. The molecule has 2 aliphatic heterocycles. The molecule has 1 aliphatic carbocycles. The van der Waals surface area contributed by atoms with Gasteiger partial charge in [-0.3, -0.25) is 14.6 Å². The van der Waals surface area contributed by atoms with Gasteiger partial charge in [0.25, 0.3) is 0 Å². The van der Waals surface area contributed by atoms with E-state index >= 15 is 0 Å². The van der Waals surface area contributed by atoms with Crippen LogP contribution in [0.5, 0.6) is 0 Å². The van der Waals surface area contributed by atoms with E-state index < -0.39 is 0 Å². The fraction of sp³-hybridized carbons (Fsp3) is 0. The van der Waals surface area contributed by atoms with Gasteiger partial charge in [-0.25, -0.2) is 0 Å². The highest BCUT2D eigenvalue weighted by molar-refractivity contribution is 6.25. The number of rotatable bonds is 0. The summed E-state index contributed by atoms with van der Waals surface area (Å²) in [6.07, 6.45) is 8.23. The van der Waals surface area contributed by atoms with Crippen LogP contribution in [0.2, 0.25) is 0 Å². The summed E-state index contributed by atoms with van der Waals surface area (Å²) < 4.78 is 0. The largest absolute Gasteiger partial charge is 0.321 e. The molecule has 0 radical (unpaired) electrons. The smallest absolute Gasteiger partial charge is 0.248 e. The minimum atomic E-state index is -0.225. The van der Waals surface area contributed by atoms with E-state index in [9.17, 15) is 9.59 Å². The number of nitrogens with one attached hydrogen (secondary N) is 1. The zero-order valence-corrected chi connectivity index (χ0v) is 9.81. The van der Waals surface area contributed by atoms with Crippen LogP contribution in [0.15, 0.2) is 40.9 Å². The van der Waals surface area contributed by atoms with Gasteiger partial charge in [0, 0.05) is 28.3 Å². The predicted octanol–water partition coefficient (Wildman–Crippen LogP) is 0.0999. The number of benzene rings is 1. The Morgan fingerprint density at radius 2 is 2.00 bits per heavy atom. The number of fused-ring (bicyclic) bond motifs is 4. The molecule has 4 nitrogen and oxygen atoms in total. The van der Waals surface area contributed by atoms with E-state index in [-0.39, 0.29) is 11.7 Å². The highest BCUT2D eigenvalue weighted by Gasteiger charge is 2.30. The maximum Gasteiger partial charge on any atom is 0.248 e. The first-order valence-electron chi connectivity index (χ1n) is 5.92. The minimum absolute atomic E-state index is 0.0823. The molecular formula is C15H8N2O2. The Morgan fingerprint density at radius 3 is 2.89 bits per heavy atom. The third-order valence-electron chi connectivity index (χ3n) is 3.44. The number of Topliss-reactive ketones (excluding diaryl/α,β-unsaturated/α-hetero) is 1. The second-order valence-corrected chi connectivity index (χ2v) is 4.50. The second kappa shape index (κ2) is 3.38. The highest BCUT2D eigenvalue weighted by atomic mass is 16.1. The molecule has 4 rings (SSSR count). The summed E-state index contributed by atoms with van der Waals surface area (Å²) in [5.74, 6) is -0.307. The molecule has 0 aromatic heterocycles. The van der Waals surface area contributed by atoms with Crippen molar-refractivity contribution in [1.82, 2.24) is 5.32 Å². The van der Waals surface area contributed by atoms with E-state index in [0.29, 0.717) is 22.5 Å². The number of hydrogen-bond acceptors (Lipinski definition) is 3. The van der Waals surface area contributed by atoms with Gasteiger partial charge < -0.3 is 5.32 Å². The van der Waals surface area contributed by atoms with E-state index in [1.807, 2.05) is 18.2 Å². The third kappa shape index (κ3) is 1.25. The molecule has 0 unspecified atom stereocenters. The summed E-state index contributed by atoms with van der Waals surface area (Å²) >= 11 is 0. The second-order valence-electron chi connectivity index (χ2n) is 4.50. The lowest BCUT2D eigenvalue weighted by molar-refractivity contribution is -0.115. The molecule has 19 heavy (non-hydrogen) atoms. The number of nitrogens with zero attached hydrogens (tertiary/aromatic N) is 1. The monoisotopic (exact) mass is 248 g/mol. The molecular weight excluding hydrogens is 240 g/mol. The van der Waals surface area contributed by atoms with Crippen molar-refractivity contribution in [3.8, 4) is 0 Å². The lowest BCUT2D eigenvalue weighted by Crippen LogP contribution is -2.24. The van der Waals surface area contributed by atoms with Crippen molar-refractivity contribution >= 4 is 35.4 Å². The van der Waals surface area contributed by atoms with Crippen LogP contribution in [0.25, 0.3) is 11.8 Å². The third-order valence-corrected chi connectivity index (χ3v) is 3.44. The lowest BCUT2D eigenvalue weighted by Gasteiger charge is -2.01. The van der Waals surface area contributed by atoms with Crippen LogP contribution >= 0.6 is 0 Å². The molecule has 1 N–H and O–H groups in total. The van der Waals surface area contributed by atoms with Gasteiger partial charge in [-0.1, -0.05) is 18.2 Å². The van der Waals surface area contributed by atoms with E-state index in [1.165, 1.54) is 6.08 Å². The normalized spacial score (nSPS) is 18.3. The Morgan fingerprint density at radius 1 is 1.11 bits per heavy atom. The number of allylic oxidation sites excluding steroid dienone is 2. The lowest BCUT2D eigenvalue weighted by atomic mass is 10.1. The fourth-order valence-electron chi connectivity index (χ4n) is 2.59. The van der Waals surface area contributed by atoms with Gasteiger partial charge >= 0.3 is 0 Å². The first-order chi connectivity index (χ1) is 9.25. The van der Waals surface area contributed by atoms with E-state index in [2.05, 4.69) is 10.3 Å². The molecule has 1 aromatic carbocycles. The van der Waals surface area contributed by atoms with E-state index in [4.69, 9.17) is 0 Å². The van der Waals surface area contributed by atoms with Crippen molar-refractivity contribution in [3.05, 3.63) is 51.9 Å². The van der Waals surface area contributed by atoms with Crippen LogP contribution in [0, 0.1) is 0 Å². The Hall–Kier alpha value is -2.75. The van der Waals surface area contributed by atoms with Crippen molar-refractivity contribution in [3.63, 3.8) is 0 Å².